The van der Waals surface area contributed by atoms with Crippen LogP contribution in [-0.2, 0) is 4.79 Å². The molecule has 134 valence electrons. The summed E-state index contributed by atoms with van der Waals surface area (Å²) in [6.07, 6.45) is 0. The molecule has 1 atom stereocenters. The van der Waals surface area contributed by atoms with E-state index in [9.17, 15) is 13.6 Å². The van der Waals surface area contributed by atoms with Gasteiger partial charge in [-0.15, -0.1) is 0 Å². The summed E-state index contributed by atoms with van der Waals surface area (Å²) in [6, 6.07) is 16.8. The van der Waals surface area contributed by atoms with Crippen LogP contribution in [0.3, 0.4) is 0 Å². The van der Waals surface area contributed by atoms with Gasteiger partial charge in [0, 0.05) is 24.4 Å². The Morgan fingerprint density at radius 2 is 1.77 bits per heavy atom. The van der Waals surface area contributed by atoms with Gasteiger partial charge >= 0.3 is 0 Å². The van der Waals surface area contributed by atoms with Crippen molar-refractivity contribution < 1.29 is 13.6 Å². The molecule has 0 heterocycles. The van der Waals surface area contributed by atoms with Crippen molar-refractivity contribution >= 4 is 22.4 Å². The van der Waals surface area contributed by atoms with Gasteiger partial charge in [-0.25, -0.2) is 8.78 Å². The molecule has 0 spiro atoms. The normalized spacial score (nSPS) is 12.0. The Morgan fingerprint density at radius 1 is 1.04 bits per heavy atom. The highest BCUT2D eigenvalue weighted by molar-refractivity contribution is 5.87. The molecule has 0 saturated carbocycles. The Kier molecular flexibility index (Phi) is 5.16. The number of amides is 1. The quantitative estimate of drug-likeness (QED) is 0.735. The van der Waals surface area contributed by atoms with Crippen molar-refractivity contribution in [3.63, 3.8) is 0 Å². The second kappa shape index (κ2) is 7.52. The largest absolute Gasteiger partial charge is 0.365 e. The van der Waals surface area contributed by atoms with Gasteiger partial charge in [0.15, 0.2) is 0 Å². The Balaban J connectivity index is 1.66. The zero-order valence-electron chi connectivity index (χ0n) is 14.7. The lowest BCUT2D eigenvalue weighted by atomic mass is 10.1. The topological polar surface area (TPSA) is 32.3 Å². The summed E-state index contributed by atoms with van der Waals surface area (Å²) in [5, 5.41) is 4.98. The summed E-state index contributed by atoms with van der Waals surface area (Å²) >= 11 is 0. The lowest BCUT2D eigenvalue weighted by Crippen LogP contribution is -2.36. The van der Waals surface area contributed by atoms with E-state index in [1.807, 2.05) is 54.4 Å². The minimum atomic E-state index is -0.666. The molecule has 0 aromatic heterocycles. The van der Waals surface area contributed by atoms with Crippen LogP contribution in [0.5, 0.6) is 0 Å². The second-order valence-corrected chi connectivity index (χ2v) is 6.34. The molecule has 3 nitrogen and oxygen atoms in total. The Bertz CT molecular complexity index is 942. The highest BCUT2D eigenvalue weighted by Gasteiger charge is 2.15. The molecule has 0 aliphatic rings. The number of fused-ring (bicyclic) bond motifs is 1. The van der Waals surface area contributed by atoms with Crippen molar-refractivity contribution in [3.8, 4) is 0 Å². The van der Waals surface area contributed by atoms with Gasteiger partial charge < -0.3 is 10.2 Å². The molecule has 1 amide bonds. The Morgan fingerprint density at radius 3 is 2.50 bits per heavy atom. The van der Waals surface area contributed by atoms with Crippen LogP contribution < -0.4 is 10.2 Å². The predicted molar refractivity (Wildman–Crippen MR) is 100 cm³/mol. The fraction of sp³-hybridized carbons (Fsp3) is 0.190. The molecule has 0 aliphatic carbocycles. The molecule has 1 N–H and O–H groups in total. The van der Waals surface area contributed by atoms with E-state index in [0.717, 1.165) is 22.5 Å². The first-order chi connectivity index (χ1) is 12.4. The minimum Gasteiger partial charge on any atom is -0.365 e. The average molecular weight is 354 g/mol. The fourth-order valence-electron chi connectivity index (χ4n) is 2.94. The summed E-state index contributed by atoms with van der Waals surface area (Å²) < 4.78 is 26.8. The number of nitrogens with zero attached hydrogens (tertiary/aromatic N) is 1. The van der Waals surface area contributed by atoms with Crippen LogP contribution in [-0.4, -0.2) is 19.5 Å². The van der Waals surface area contributed by atoms with Crippen molar-refractivity contribution in [1.82, 2.24) is 5.32 Å². The second-order valence-electron chi connectivity index (χ2n) is 6.34. The minimum absolute atomic E-state index is 0.130. The Hall–Kier alpha value is -2.95. The number of nitrogens with one attached hydrogen (secondary N) is 1. The number of rotatable bonds is 5. The third kappa shape index (κ3) is 3.99. The number of carbonyl (C=O) groups excluding carboxylic acids is 1. The van der Waals surface area contributed by atoms with Gasteiger partial charge in [0.05, 0.1) is 12.6 Å². The maximum Gasteiger partial charge on any atom is 0.239 e. The maximum absolute atomic E-state index is 13.8. The van der Waals surface area contributed by atoms with Crippen LogP contribution in [0.1, 0.15) is 18.5 Å². The smallest absolute Gasteiger partial charge is 0.239 e. The lowest BCUT2D eigenvalue weighted by Gasteiger charge is -2.21. The van der Waals surface area contributed by atoms with E-state index >= 15 is 0 Å². The van der Waals surface area contributed by atoms with Crippen molar-refractivity contribution in [3.05, 3.63) is 77.9 Å². The summed E-state index contributed by atoms with van der Waals surface area (Å²) in [5.41, 5.74) is 1.17. The van der Waals surface area contributed by atoms with E-state index in [1.165, 1.54) is 12.1 Å². The molecular formula is C21H20F2N2O. The van der Waals surface area contributed by atoms with E-state index in [4.69, 9.17) is 0 Å². The van der Waals surface area contributed by atoms with Gasteiger partial charge in [0.25, 0.3) is 0 Å². The molecule has 0 aliphatic heterocycles. The summed E-state index contributed by atoms with van der Waals surface area (Å²) in [5.74, 6) is -1.54. The van der Waals surface area contributed by atoms with Crippen molar-refractivity contribution in [2.24, 2.45) is 0 Å². The van der Waals surface area contributed by atoms with Gasteiger partial charge in [-0.1, -0.05) is 36.4 Å². The Labute approximate surface area is 151 Å². The molecule has 3 aromatic rings. The summed E-state index contributed by atoms with van der Waals surface area (Å²) in [6.45, 7) is 1.80. The molecular weight excluding hydrogens is 334 g/mol. The SMILES string of the molecule is C[C@@H](NC(=O)CN(C)c1ccc2ccccc2c1)c1ccc(F)cc1F. The molecule has 5 heteroatoms. The first-order valence-corrected chi connectivity index (χ1v) is 8.38. The van der Waals surface area contributed by atoms with E-state index < -0.39 is 17.7 Å². The van der Waals surface area contributed by atoms with E-state index in [2.05, 4.69) is 5.32 Å². The van der Waals surface area contributed by atoms with Gasteiger partial charge in [-0.3, -0.25) is 4.79 Å². The lowest BCUT2D eigenvalue weighted by molar-refractivity contribution is -0.120. The van der Waals surface area contributed by atoms with Crippen molar-refractivity contribution in [2.75, 3.05) is 18.5 Å². The van der Waals surface area contributed by atoms with Crippen LogP contribution in [0.25, 0.3) is 10.8 Å². The van der Waals surface area contributed by atoms with E-state index in [-0.39, 0.29) is 18.0 Å². The summed E-state index contributed by atoms with van der Waals surface area (Å²) in [4.78, 5) is 14.1. The monoisotopic (exact) mass is 354 g/mol. The number of benzene rings is 3. The molecule has 26 heavy (non-hydrogen) atoms. The molecule has 0 saturated heterocycles. The molecule has 0 fully saturated rings. The average Bonchev–Trinajstić information content (AvgIpc) is 2.60. The molecule has 3 rings (SSSR count). The van der Waals surface area contributed by atoms with Gasteiger partial charge in [-0.05, 0) is 35.9 Å². The number of carbonyl (C=O) groups is 1. The van der Waals surface area contributed by atoms with E-state index in [1.54, 1.807) is 6.92 Å². The van der Waals surface area contributed by atoms with Gasteiger partial charge in [0.1, 0.15) is 11.6 Å². The highest BCUT2D eigenvalue weighted by Crippen LogP contribution is 2.21. The summed E-state index contributed by atoms with van der Waals surface area (Å²) in [7, 11) is 1.83. The first-order valence-electron chi connectivity index (χ1n) is 8.38. The van der Waals surface area contributed by atoms with Gasteiger partial charge in [-0.2, -0.15) is 0 Å². The number of halogens is 2. The highest BCUT2D eigenvalue weighted by atomic mass is 19.1. The van der Waals surface area contributed by atoms with Crippen LogP contribution in [0.2, 0.25) is 0 Å². The van der Waals surface area contributed by atoms with E-state index in [0.29, 0.717) is 0 Å². The standard InChI is InChI=1S/C21H20F2N2O/c1-14(19-10-8-17(22)12-20(19)23)24-21(26)13-25(2)18-9-7-15-5-3-4-6-16(15)11-18/h3-12,14H,13H2,1-2H3,(H,24,26)/t14-/m1/s1. The van der Waals surface area contributed by atoms with Crippen LogP contribution in [0.15, 0.2) is 60.7 Å². The fourth-order valence-corrected chi connectivity index (χ4v) is 2.94. The molecule has 0 radical (unpaired) electrons. The maximum atomic E-state index is 13.8. The van der Waals surface area contributed by atoms with Gasteiger partial charge in [0.2, 0.25) is 5.91 Å². The number of anilines is 1. The van der Waals surface area contributed by atoms with Crippen molar-refractivity contribution in [2.45, 2.75) is 13.0 Å². The zero-order chi connectivity index (χ0) is 18.7. The molecule has 0 unspecified atom stereocenters. The van der Waals surface area contributed by atoms with Crippen LogP contribution in [0, 0.1) is 11.6 Å². The molecule has 3 aromatic carbocycles. The number of hydrogen-bond acceptors (Lipinski definition) is 2. The third-order valence-electron chi connectivity index (χ3n) is 4.36. The predicted octanol–water partition coefficient (Wildman–Crippen LogP) is 4.43. The van der Waals surface area contributed by atoms with Crippen molar-refractivity contribution in [1.29, 1.82) is 0 Å². The van der Waals surface area contributed by atoms with Crippen LogP contribution >= 0.6 is 0 Å². The molecule has 0 bridgehead atoms. The first kappa shape index (κ1) is 17.9. The number of likely N-dealkylation sites (N-methyl/N-ethyl adjacent to an activating group) is 1. The van der Waals surface area contributed by atoms with Crippen LogP contribution in [0.4, 0.5) is 14.5 Å². The third-order valence-corrected chi connectivity index (χ3v) is 4.36. The zero-order valence-corrected chi connectivity index (χ0v) is 14.7. The number of hydrogen-bond donors (Lipinski definition) is 1.